The Hall–Kier alpha value is -3.27. The summed E-state index contributed by atoms with van der Waals surface area (Å²) >= 11 is 12.6. The third-order valence-electron chi connectivity index (χ3n) is 6.47. The number of aromatic nitrogens is 1. The van der Waals surface area contributed by atoms with E-state index in [0.29, 0.717) is 11.1 Å². The number of halogens is 5. The van der Waals surface area contributed by atoms with E-state index in [4.69, 9.17) is 27.6 Å². The van der Waals surface area contributed by atoms with Gasteiger partial charge in [-0.25, -0.2) is 9.59 Å². The second-order valence-electron chi connectivity index (χ2n) is 8.52. The van der Waals surface area contributed by atoms with E-state index in [1.165, 1.54) is 51.4 Å². The molecule has 11 heteroatoms. The van der Waals surface area contributed by atoms with Crippen LogP contribution in [0.5, 0.6) is 0 Å². The van der Waals surface area contributed by atoms with Gasteiger partial charge in [0.25, 0.3) is 0 Å². The van der Waals surface area contributed by atoms with Crippen LogP contribution in [0.3, 0.4) is 0 Å². The highest BCUT2D eigenvalue weighted by Crippen LogP contribution is 2.50. The van der Waals surface area contributed by atoms with Crippen LogP contribution in [-0.4, -0.2) is 28.9 Å². The molecule has 1 heterocycles. The number of carbonyl (C=O) groups is 1. The quantitative estimate of drug-likeness (QED) is 0.287. The van der Waals surface area contributed by atoms with Crippen LogP contribution in [0.25, 0.3) is 22.2 Å². The predicted molar refractivity (Wildman–Crippen MR) is 133 cm³/mol. The van der Waals surface area contributed by atoms with Crippen LogP contribution in [0.15, 0.2) is 63.8 Å². The zero-order valence-corrected chi connectivity index (χ0v) is 21.2. The molecule has 2 unspecified atom stereocenters. The lowest BCUT2D eigenvalue weighted by Crippen LogP contribution is -2.46. The maximum atomic E-state index is 14.4. The van der Waals surface area contributed by atoms with Crippen molar-refractivity contribution in [2.75, 3.05) is 7.11 Å². The van der Waals surface area contributed by atoms with E-state index in [0.717, 1.165) is 16.7 Å². The lowest BCUT2D eigenvalue weighted by molar-refractivity contribution is -0.274. The van der Waals surface area contributed by atoms with Crippen LogP contribution in [0.4, 0.5) is 13.2 Å². The largest absolute Gasteiger partial charge is 0.465 e. The lowest BCUT2D eigenvalue weighted by Gasteiger charge is -2.37. The summed E-state index contributed by atoms with van der Waals surface area (Å²) < 4.78 is 54.1. The maximum Gasteiger partial charge on any atom is 0.422 e. The standard InChI is InChI=1S/C26H20Cl2F3NO5/c1-13(25(35,26(29,30)31)16-6-9-22-21(12-16)32(2)24(34)37-22)17-7-4-14(10-19(17)27)15-5-8-18(20(28)11-15)23(33)36-3/h4-13,35H,1-3H3. The normalized spacial score (nSPS) is 14.4. The van der Waals surface area contributed by atoms with Crippen LogP contribution in [-0.2, 0) is 17.4 Å². The molecule has 0 saturated heterocycles. The van der Waals surface area contributed by atoms with E-state index in [1.807, 2.05) is 0 Å². The van der Waals surface area contributed by atoms with Crippen molar-refractivity contribution in [2.24, 2.45) is 7.05 Å². The Morgan fingerprint density at radius 1 is 1.03 bits per heavy atom. The number of oxazole rings is 1. The molecular weight excluding hydrogens is 534 g/mol. The van der Waals surface area contributed by atoms with Gasteiger partial charge in [0.1, 0.15) is 0 Å². The molecule has 0 aliphatic heterocycles. The molecule has 0 aliphatic rings. The van der Waals surface area contributed by atoms with Crippen LogP contribution in [0.1, 0.15) is 34.3 Å². The summed E-state index contributed by atoms with van der Waals surface area (Å²) in [5.41, 5.74) is -2.32. The minimum absolute atomic E-state index is 0.0161. The molecule has 0 saturated carbocycles. The highest BCUT2D eigenvalue weighted by molar-refractivity contribution is 6.34. The average Bonchev–Trinajstić information content (AvgIpc) is 3.14. The first-order valence-electron chi connectivity index (χ1n) is 10.9. The van der Waals surface area contributed by atoms with Crippen LogP contribution >= 0.6 is 23.2 Å². The first kappa shape index (κ1) is 26.8. The highest BCUT2D eigenvalue weighted by atomic mass is 35.5. The van der Waals surface area contributed by atoms with Crippen molar-refractivity contribution < 1.29 is 32.2 Å². The van der Waals surface area contributed by atoms with Gasteiger partial charge in [0, 0.05) is 18.0 Å². The first-order valence-corrected chi connectivity index (χ1v) is 11.6. The molecule has 4 rings (SSSR count). The Bertz CT molecular complexity index is 1580. The summed E-state index contributed by atoms with van der Waals surface area (Å²) in [5, 5.41) is 11.3. The molecule has 0 radical (unpaired) electrons. The monoisotopic (exact) mass is 553 g/mol. The van der Waals surface area contributed by atoms with Crippen molar-refractivity contribution in [3.63, 3.8) is 0 Å². The fourth-order valence-electron chi connectivity index (χ4n) is 4.28. The molecule has 0 spiro atoms. The van der Waals surface area contributed by atoms with Gasteiger partial charge >= 0.3 is 17.9 Å². The van der Waals surface area contributed by atoms with Crippen molar-refractivity contribution in [2.45, 2.75) is 24.6 Å². The Kier molecular flexibility index (Phi) is 6.92. The molecule has 6 nitrogen and oxygen atoms in total. The Labute approximate surface area is 218 Å². The Morgan fingerprint density at radius 3 is 2.22 bits per heavy atom. The van der Waals surface area contributed by atoms with Gasteiger partial charge in [0.15, 0.2) is 11.2 Å². The van der Waals surface area contributed by atoms with Crippen LogP contribution < -0.4 is 5.76 Å². The van der Waals surface area contributed by atoms with Gasteiger partial charge in [0.2, 0.25) is 0 Å². The molecule has 2 atom stereocenters. The van der Waals surface area contributed by atoms with Crippen molar-refractivity contribution in [3.8, 4) is 11.1 Å². The molecular formula is C26H20Cl2F3NO5. The minimum atomic E-state index is -5.10. The van der Waals surface area contributed by atoms with E-state index in [1.54, 1.807) is 12.1 Å². The molecule has 0 bridgehead atoms. The molecule has 1 aromatic heterocycles. The number of fused-ring (bicyclic) bond motifs is 1. The van der Waals surface area contributed by atoms with Crippen molar-refractivity contribution in [1.29, 1.82) is 0 Å². The summed E-state index contributed by atoms with van der Waals surface area (Å²) in [6.07, 6.45) is -5.10. The molecule has 0 amide bonds. The second-order valence-corrected chi connectivity index (χ2v) is 9.33. The van der Waals surface area contributed by atoms with E-state index in [-0.39, 0.29) is 32.3 Å². The average molecular weight is 554 g/mol. The number of hydrogen-bond acceptors (Lipinski definition) is 5. The van der Waals surface area contributed by atoms with E-state index in [9.17, 15) is 27.9 Å². The van der Waals surface area contributed by atoms with Gasteiger partial charge in [0.05, 0.1) is 23.2 Å². The number of nitrogens with zero attached hydrogens (tertiary/aromatic N) is 1. The van der Waals surface area contributed by atoms with Gasteiger partial charge in [-0.3, -0.25) is 4.57 Å². The second kappa shape index (κ2) is 9.55. The summed E-state index contributed by atoms with van der Waals surface area (Å²) in [6.45, 7) is 1.22. The van der Waals surface area contributed by atoms with Gasteiger partial charge in [-0.05, 0) is 52.6 Å². The lowest BCUT2D eigenvalue weighted by atomic mass is 9.77. The fourth-order valence-corrected chi connectivity index (χ4v) is 4.88. The van der Waals surface area contributed by atoms with E-state index >= 15 is 0 Å². The third-order valence-corrected chi connectivity index (χ3v) is 7.11. The van der Waals surface area contributed by atoms with E-state index in [2.05, 4.69) is 4.74 Å². The third kappa shape index (κ3) is 4.52. The SMILES string of the molecule is COC(=O)c1ccc(-c2ccc(C(C)C(O)(c3ccc4oc(=O)n(C)c4c3)C(F)(F)F)c(Cl)c2)cc1Cl. The topological polar surface area (TPSA) is 81.7 Å². The first-order chi connectivity index (χ1) is 17.3. The fraction of sp³-hybridized carbons (Fsp3) is 0.231. The summed E-state index contributed by atoms with van der Waals surface area (Å²) in [5.74, 6) is -2.89. The number of aliphatic hydroxyl groups is 1. The number of benzene rings is 3. The predicted octanol–water partition coefficient (Wildman–Crippen LogP) is 6.45. The molecule has 0 fully saturated rings. The maximum absolute atomic E-state index is 14.4. The van der Waals surface area contributed by atoms with Gasteiger partial charge in [-0.2, -0.15) is 13.2 Å². The number of esters is 1. The highest BCUT2D eigenvalue weighted by Gasteiger charge is 2.59. The van der Waals surface area contributed by atoms with Gasteiger partial charge < -0.3 is 14.3 Å². The molecule has 194 valence electrons. The number of hydrogen-bond donors (Lipinski definition) is 1. The summed E-state index contributed by atoms with van der Waals surface area (Å²) in [7, 11) is 2.58. The van der Waals surface area contributed by atoms with E-state index < -0.39 is 35.0 Å². The molecule has 37 heavy (non-hydrogen) atoms. The van der Waals surface area contributed by atoms with Gasteiger partial charge in [-0.15, -0.1) is 0 Å². The van der Waals surface area contributed by atoms with Crippen molar-refractivity contribution >= 4 is 40.3 Å². The van der Waals surface area contributed by atoms with Crippen molar-refractivity contribution in [3.05, 3.63) is 91.9 Å². The smallest absolute Gasteiger partial charge is 0.422 e. The summed E-state index contributed by atoms with van der Waals surface area (Å²) in [6, 6.07) is 12.3. The molecule has 1 N–H and O–H groups in total. The van der Waals surface area contributed by atoms with Crippen molar-refractivity contribution in [1.82, 2.24) is 4.57 Å². The zero-order chi connectivity index (χ0) is 27.3. The van der Waals surface area contributed by atoms with Crippen LogP contribution in [0, 0.1) is 0 Å². The zero-order valence-electron chi connectivity index (χ0n) is 19.7. The number of aryl methyl sites for hydroxylation is 1. The summed E-state index contributed by atoms with van der Waals surface area (Å²) in [4.78, 5) is 23.6. The number of carbonyl (C=O) groups excluding carboxylic acids is 1. The Balaban J connectivity index is 1.77. The minimum Gasteiger partial charge on any atom is -0.465 e. The molecule has 3 aromatic carbocycles. The Morgan fingerprint density at radius 2 is 1.65 bits per heavy atom. The number of ether oxygens (including phenoxy) is 1. The number of rotatable bonds is 5. The van der Waals surface area contributed by atoms with Gasteiger partial charge in [-0.1, -0.05) is 54.4 Å². The van der Waals surface area contributed by atoms with Crippen LogP contribution in [0.2, 0.25) is 10.0 Å². The molecule has 0 aliphatic carbocycles. The number of methoxy groups -OCH3 is 1. The molecule has 4 aromatic rings. The number of alkyl halides is 3.